The minimum absolute atomic E-state index is 0.0676. The Labute approximate surface area is 121 Å². The highest BCUT2D eigenvalue weighted by Crippen LogP contribution is 2.27. The van der Waals surface area contributed by atoms with Gasteiger partial charge < -0.3 is 14.7 Å². The van der Waals surface area contributed by atoms with Gasteiger partial charge in [0.25, 0.3) is 0 Å². The van der Waals surface area contributed by atoms with Crippen LogP contribution in [0, 0.1) is 0 Å². The summed E-state index contributed by atoms with van der Waals surface area (Å²) in [4.78, 5) is 13.2. The first kappa shape index (κ1) is 17.3. The van der Waals surface area contributed by atoms with Gasteiger partial charge in [0, 0.05) is 12.6 Å². The molecule has 0 aromatic heterocycles. The topological polar surface area (TPSA) is 49.8 Å². The van der Waals surface area contributed by atoms with Gasteiger partial charge in [0.2, 0.25) is 5.91 Å². The van der Waals surface area contributed by atoms with E-state index >= 15 is 0 Å². The summed E-state index contributed by atoms with van der Waals surface area (Å²) >= 11 is 0. The van der Waals surface area contributed by atoms with Gasteiger partial charge in [0.1, 0.15) is 12.4 Å². The number of phenolic OH excluding ortho intramolecular Hbond substituents is 1. The number of ether oxygens (including phenoxy) is 1. The van der Waals surface area contributed by atoms with Crippen molar-refractivity contribution in [3.05, 3.63) is 29.8 Å². The van der Waals surface area contributed by atoms with Gasteiger partial charge in [-0.3, -0.25) is 4.79 Å². The Hall–Kier alpha value is -1.76. The standard InChI is InChI=1S/C14H18F3NO3/c1-10(11-5-3-4-6-12(11)19)18(2)13(20)7-8-21-9-14(15,16)17/h3-6,10,19H,7-9H2,1-2H3. The molecule has 7 heteroatoms. The molecule has 1 unspecified atom stereocenters. The van der Waals surface area contributed by atoms with E-state index in [2.05, 4.69) is 4.74 Å². The van der Waals surface area contributed by atoms with Gasteiger partial charge >= 0.3 is 6.18 Å². The van der Waals surface area contributed by atoms with Gasteiger partial charge in [-0.2, -0.15) is 13.2 Å². The van der Waals surface area contributed by atoms with Crippen LogP contribution in [0.25, 0.3) is 0 Å². The maximum atomic E-state index is 11.9. The summed E-state index contributed by atoms with van der Waals surface area (Å²) in [5.74, 6) is -0.286. The number of carbonyl (C=O) groups excluding carboxylic acids is 1. The van der Waals surface area contributed by atoms with Gasteiger partial charge in [-0.15, -0.1) is 0 Å². The molecule has 0 fully saturated rings. The molecule has 21 heavy (non-hydrogen) atoms. The second kappa shape index (κ2) is 7.31. The Bertz CT molecular complexity index is 477. The van der Waals surface area contributed by atoms with E-state index in [4.69, 9.17) is 0 Å². The van der Waals surface area contributed by atoms with Crippen LogP contribution < -0.4 is 0 Å². The van der Waals surface area contributed by atoms with Crippen molar-refractivity contribution in [1.82, 2.24) is 4.90 Å². The van der Waals surface area contributed by atoms with Crippen LogP contribution in [-0.4, -0.2) is 42.4 Å². The minimum Gasteiger partial charge on any atom is -0.508 e. The number of rotatable bonds is 6. The highest BCUT2D eigenvalue weighted by molar-refractivity contribution is 5.76. The molecule has 1 rings (SSSR count). The second-order valence-corrected chi connectivity index (χ2v) is 4.66. The van der Waals surface area contributed by atoms with E-state index in [0.29, 0.717) is 5.56 Å². The average Bonchev–Trinajstić information content (AvgIpc) is 2.41. The number of benzene rings is 1. The van der Waals surface area contributed by atoms with Crippen LogP contribution in [-0.2, 0) is 9.53 Å². The summed E-state index contributed by atoms with van der Waals surface area (Å²) < 4.78 is 40.1. The van der Waals surface area contributed by atoms with Crippen LogP contribution in [0.3, 0.4) is 0 Å². The lowest BCUT2D eigenvalue weighted by molar-refractivity contribution is -0.175. The van der Waals surface area contributed by atoms with Crippen molar-refractivity contribution >= 4 is 5.91 Å². The van der Waals surface area contributed by atoms with Gasteiger partial charge in [0.15, 0.2) is 0 Å². The second-order valence-electron chi connectivity index (χ2n) is 4.66. The molecule has 0 radical (unpaired) electrons. The monoisotopic (exact) mass is 305 g/mol. The van der Waals surface area contributed by atoms with Gasteiger partial charge in [-0.25, -0.2) is 0 Å². The summed E-state index contributed by atoms with van der Waals surface area (Å²) in [6, 6.07) is 6.20. The number of hydrogen-bond donors (Lipinski definition) is 1. The first-order chi connectivity index (χ1) is 9.72. The van der Waals surface area contributed by atoms with E-state index in [1.807, 2.05) is 0 Å². The highest BCUT2D eigenvalue weighted by atomic mass is 19.4. The molecule has 0 bridgehead atoms. The summed E-state index contributed by atoms with van der Waals surface area (Å²) in [6.07, 6.45) is -4.54. The molecule has 1 atom stereocenters. The van der Waals surface area contributed by atoms with E-state index in [9.17, 15) is 23.1 Å². The summed E-state index contributed by atoms with van der Waals surface area (Å²) in [6.45, 7) is 0.0682. The lowest BCUT2D eigenvalue weighted by Gasteiger charge is -2.26. The van der Waals surface area contributed by atoms with Gasteiger partial charge in [-0.05, 0) is 13.0 Å². The third-order valence-electron chi connectivity index (χ3n) is 3.09. The largest absolute Gasteiger partial charge is 0.508 e. The van der Waals surface area contributed by atoms with Crippen LogP contribution in [0.2, 0.25) is 0 Å². The summed E-state index contributed by atoms with van der Waals surface area (Å²) in [7, 11) is 1.53. The van der Waals surface area contributed by atoms with E-state index in [1.54, 1.807) is 25.1 Å². The summed E-state index contributed by atoms with van der Waals surface area (Å²) in [5, 5.41) is 9.73. The maximum absolute atomic E-state index is 11.9. The Morgan fingerprint density at radius 3 is 2.57 bits per heavy atom. The van der Waals surface area contributed by atoms with E-state index in [1.165, 1.54) is 18.0 Å². The molecule has 1 amide bonds. The normalized spacial score (nSPS) is 13.0. The molecule has 118 valence electrons. The molecule has 1 N–H and O–H groups in total. The molecule has 0 aliphatic rings. The number of halogens is 3. The molecule has 1 aromatic carbocycles. The fourth-order valence-corrected chi connectivity index (χ4v) is 1.79. The third kappa shape index (κ3) is 5.63. The summed E-state index contributed by atoms with van der Waals surface area (Å²) in [5.41, 5.74) is 0.574. The van der Waals surface area contributed by atoms with Gasteiger partial charge in [-0.1, -0.05) is 18.2 Å². The zero-order chi connectivity index (χ0) is 16.0. The molecular weight excluding hydrogens is 287 g/mol. The van der Waals surface area contributed by atoms with Crippen molar-refractivity contribution in [3.8, 4) is 5.75 Å². The molecule has 0 saturated carbocycles. The van der Waals surface area contributed by atoms with Crippen molar-refractivity contribution in [1.29, 1.82) is 0 Å². The van der Waals surface area contributed by atoms with Crippen molar-refractivity contribution in [2.45, 2.75) is 25.6 Å². The number of amides is 1. The number of nitrogens with zero attached hydrogens (tertiary/aromatic N) is 1. The first-order valence-electron chi connectivity index (χ1n) is 6.40. The van der Waals surface area contributed by atoms with Crippen LogP contribution in [0.1, 0.15) is 24.9 Å². The smallest absolute Gasteiger partial charge is 0.411 e. The SMILES string of the molecule is CC(c1ccccc1O)N(C)C(=O)CCOCC(F)(F)F. The lowest BCUT2D eigenvalue weighted by atomic mass is 10.1. The van der Waals surface area contributed by atoms with Crippen LogP contribution in [0.4, 0.5) is 13.2 Å². The molecule has 0 spiro atoms. The minimum atomic E-state index is -4.39. The van der Waals surface area contributed by atoms with E-state index in [-0.39, 0.29) is 30.7 Å². The van der Waals surface area contributed by atoms with Crippen molar-refractivity contribution in [3.63, 3.8) is 0 Å². The zero-order valence-electron chi connectivity index (χ0n) is 11.9. The third-order valence-corrected chi connectivity index (χ3v) is 3.09. The van der Waals surface area contributed by atoms with Gasteiger partial charge in [0.05, 0.1) is 19.1 Å². The number of aromatic hydroxyl groups is 1. The Morgan fingerprint density at radius 1 is 1.38 bits per heavy atom. The molecular formula is C14H18F3NO3. The quantitative estimate of drug-likeness (QED) is 0.822. The number of alkyl halides is 3. The number of hydrogen-bond acceptors (Lipinski definition) is 3. The first-order valence-corrected chi connectivity index (χ1v) is 6.40. The van der Waals surface area contributed by atoms with Crippen molar-refractivity contribution < 1.29 is 27.8 Å². The van der Waals surface area contributed by atoms with Crippen molar-refractivity contribution in [2.75, 3.05) is 20.3 Å². The Balaban J connectivity index is 2.49. The fraction of sp³-hybridized carbons (Fsp3) is 0.500. The van der Waals surface area contributed by atoms with Crippen LogP contribution in [0.15, 0.2) is 24.3 Å². The van der Waals surface area contributed by atoms with Crippen LogP contribution in [0.5, 0.6) is 5.75 Å². The lowest BCUT2D eigenvalue weighted by Crippen LogP contribution is -2.30. The average molecular weight is 305 g/mol. The molecule has 0 aliphatic heterocycles. The maximum Gasteiger partial charge on any atom is 0.411 e. The molecule has 0 heterocycles. The fourth-order valence-electron chi connectivity index (χ4n) is 1.79. The van der Waals surface area contributed by atoms with E-state index in [0.717, 1.165) is 0 Å². The molecule has 4 nitrogen and oxygen atoms in total. The number of carbonyl (C=O) groups is 1. The predicted octanol–water partition coefficient (Wildman–Crippen LogP) is 2.88. The number of para-hydroxylation sites is 1. The van der Waals surface area contributed by atoms with Crippen LogP contribution >= 0.6 is 0 Å². The molecule has 0 saturated heterocycles. The number of phenols is 1. The molecule has 0 aliphatic carbocycles. The van der Waals surface area contributed by atoms with Crippen molar-refractivity contribution in [2.24, 2.45) is 0 Å². The zero-order valence-corrected chi connectivity index (χ0v) is 11.9. The van der Waals surface area contributed by atoms with E-state index < -0.39 is 12.8 Å². The highest BCUT2D eigenvalue weighted by Gasteiger charge is 2.27. The predicted molar refractivity (Wildman–Crippen MR) is 70.8 cm³/mol. The Kier molecular flexibility index (Phi) is 6.02. The Morgan fingerprint density at radius 2 is 2.00 bits per heavy atom. The molecule has 1 aromatic rings.